The van der Waals surface area contributed by atoms with Crippen molar-refractivity contribution >= 4 is 28.3 Å². The SMILES string of the molecule is Cc1cc(C(=O)Nc2c(C#N)cnn2-c2ccc3ccccc3n2)ccc1[N+](=O)[O-]. The molecule has 2 aromatic carbocycles. The minimum atomic E-state index is -0.521. The lowest BCUT2D eigenvalue weighted by atomic mass is 10.1. The van der Waals surface area contributed by atoms with Gasteiger partial charge in [-0.3, -0.25) is 14.9 Å². The van der Waals surface area contributed by atoms with Crippen LogP contribution >= 0.6 is 0 Å². The first-order valence-corrected chi connectivity index (χ1v) is 8.88. The number of para-hydroxylation sites is 1. The number of carbonyl (C=O) groups is 1. The second kappa shape index (κ2) is 7.44. The van der Waals surface area contributed by atoms with E-state index in [-0.39, 0.29) is 22.6 Å². The number of pyridine rings is 1. The van der Waals surface area contributed by atoms with Crippen LogP contribution in [-0.4, -0.2) is 25.6 Å². The zero-order chi connectivity index (χ0) is 21.3. The lowest BCUT2D eigenvalue weighted by Gasteiger charge is -2.10. The number of rotatable bonds is 4. The van der Waals surface area contributed by atoms with Crippen LogP contribution < -0.4 is 5.32 Å². The summed E-state index contributed by atoms with van der Waals surface area (Å²) in [6.45, 7) is 1.55. The van der Waals surface area contributed by atoms with Crippen molar-refractivity contribution in [2.75, 3.05) is 5.32 Å². The van der Waals surface area contributed by atoms with E-state index < -0.39 is 10.8 Å². The normalized spacial score (nSPS) is 10.5. The summed E-state index contributed by atoms with van der Waals surface area (Å²) in [7, 11) is 0. The number of benzene rings is 2. The van der Waals surface area contributed by atoms with E-state index in [0.717, 1.165) is 10.9 Å². The Bertz CT molecular complexity index is 1350. The number of carbonyl (C=O) groups excluding carboxylic acids is 1. The minimum Gasteiger partial charge on any atom is -0.305 e. The van der Waals surface area contributed by atoms with Gasteiger partial charge in [-0.2, -0.15) is 15.0 Å². The van der Waals surface area contributed by atoms with Crippen molar-refractivity contribution in [1.82, 2.24) is 14.8 Å². The number of amides is 1. The number of nitrogens with zero attached hydrogens (tertiary/aromatic N) is 5. The molecular formula is C21H14N6O3. The molecule has 4 rings (SSSR count). The Labute approximate surface area is 170 Å². The molecule has 0 fully saturated rings. The largest absolute Gasteiger partial charge is 0.305 e. The van der Waals surface area contributed by atoms with Crippen LogP contribution in [0.3, 0.4) is 0 Å². The van der Waals surface area contributed by atoms with Gasteiger partial charge in [0.05, 0.1) is 16.6 Å². The number of nitrogens with one attached hydrogen (secondary N) is 1. The van der Waals surface area contributed by atoms with Crippen LogP contribution in [0.25, 0.3) is 16.7 Å². The number of nitriles is 1. The summed E-state index contributed by atoms with van der Waals surface area (Å²) in [5, 5.41) is 28.2. The second-order valence-corrected chi connectivity index (χ2v) is 6.51. The molecule has 146 valence electrons. The van der Waals surface area contributed by atoms with Crippen molar-refractivity contribution in [2.24, 2.45) is 0 Å². The number of hydrogen-bond acceptors (Lipinski definition) is 6. The monoisotopic (exact) mass is 398 g/mol. The smallest absolute Gasteiger partial charge is 0.272 e. The van der Waals surface area contributed by atoms with Crippen LogP contribution in [0.15, 0.2) is 60.8 Å². The van der Waals surface area contributed by atoms with E-state index in [2.05, 4.69) is 15.4 Å². The molecule has 1 N–H and O–H groups in total. The van der Waals surface area contributed by atoms with Crippen molar-refractivity contribution < 1.29 is 9.72 Å². The van der Waals surface area contributed by atoms with Crippen LogP contribution in [-0.2, 0) is 0 Å². The van der Waals surface area contributed by atoms with Gasteiger partial charge in [0.2, 0.25) is 0 Å². The Balaban J connectivity index is 1.71. The highest BCUT2D eigenvalue weighted by Crippen LogP contribution is 2.23. The maximum atomic E-state index is 12.8. The number of nitro groups is 1. The van der Waals surface area contributed by atoms with Gasteiger partial charge >= 0.3 is 0 Å². The molecule has 0 unspecified atom stereocenters. The van der Waals surface area contributed by atoms with Crippen LogP contribution in [0, 0.1) is 28.4 Å². The number of fused-ring (bicyclic) bond motifs is 1. The fourth-order valence-corrected chi connectivity index (χ4v) is 3.08. The maximum Gasteiger partial charge on any atom is 0.272 e. The average Bonchev–Trinajstić information content (AvgIpc) is 3.15. The molecule has 0 spiro atoms. The molecule has 0 aliphatic rings. The summed E-state index contributed by atoms with van der Waals surface area (Å²) in [4.78, 5) is 27.8. The maximum absolute atomic E-state index is 12.8. The quantitative estimate of drug-likeness (QED) is 0.412. The molecule has 0 aliphatic carbocycles. The van der Waals surface area contributed by atoms with Gasteiger partial charge in [0, 0.05) is 22.6 Å². The third kappa shape index (κ3) is 3.33. The van der Waals surface area contributed by atoms with E-state index in [0.29, 0.717) is 11.4 Å². The van der Waals surface area contributed by atoms with E-state index in [4.69, 9.17) is 0 Å². The number of nitro benzene ring substituents is 1. The molecule has 2 aromatic heterocycles. The van der Waals surface area contributed by atoms with E-state index in [1.165, 1.54) is 29.1 Å². The molecule has 0 bridgehead atoms. The highest BCUT2D eigenvalue weighted by Gasteiger charge is 2.19. The summed E-state index contributed by atoms with van der Waals surface area (Å²) in [6, 6.07) is 17.2. The van der Waals surface area contributed by atoms with E-state index in [1.54, 1.807) is 13.0 Å². The molecule has 0 saturated heterocycles. The van der Waals surface area contributed by atoms with Crippen LogP contribution in [0.4, 0.5) is 11.5 Å². The van der Waals surface area contributed by atoms with E-state index in [9.17, 15) is 20.2 Å². The third-order valence-corrected chi connectivity index (χ3v) is 4.58. The number of anilines is 1. The van der Waals surface area contributed by atoms with Crippen molar-refractivity contribution in [1.29, 1.82) is 5.26 Å². The fraction of sp³-hybridized carbons (Fsp3) is 0.0476. The predicted octanol–water partition coefficient (Wildman–Crippen LogP) is 3.76. The van der Waals surface area contributed by atoms with Crippen molar-refractivity contribution in [3.05, 3.63) is 87.6 Å². The summed E-state index contributed by atoms with van der Waals surface area (Å²) in [6.07, 6.45) is 1.34. The molecule has 9 nitrogen and oxygen atoms in total. The Morgan fingerprint density at radius 1 is 1.20 bits per heavy atom. The number of aromatic nitrogens is 3. The molecule has 9 heteroatoms. The van der Waals surface area contributed by atoms with Crippen molar-refractivity contribution in [3.63, 3.8) is 0 Å². The predicted molar refractivity (Wildman–Crippen MR) is 109 cm³/mol. The van der Waals surface area contributed by atoms with Gasteiger partial charge in [-0.25, -0.2) is 4.98 Å². The highest BCUT2D eigenvalue weighted by molar-refractivity contribution is 6.04. The third-order valence-electron chi connectivity index (χ3n) is 4.58. The lowest BCUT2D eigenvalue weighted by Crippen LogP contribution is -2.16. The Morgan fingerprint density at radius 2 is 2.00 bits per heavy atom. The van der Waals surface area contributed by atoms with Gasteiger partial charge in [0.25, 0.3) is 11.6 Å². The van der Waals surface area contributed by atoms with Gasteiger partial charge in [-0.15, -0.1) is 0 Å². The van der Waals surface area contributed by atoms with Crippen molar-refractivity contribution in [3.8, 4) is 11.9 Å². The van der Waals surface area contributed by atoms with Gasteiger partial charge < -0.3 is 5.32 Å². The first-order chi connectivity index (χ1) is 14.5. The Kier molecular flexibility index (Phi) is 4.66. The first kappa shape index (κ1) is 18.8. The standard InChI is InChI=1S/C21H14N6O3/c1-13-10-15(6-8-18(13)27(29)30)21(28)25-20-16(11-22)12-23-26(20)19-9-7-14-4-2-3-5-17(14)24-19/h2-10,12H,1H3,(H,25,28). The molecule has 4 aromatic rings. The Hall–Kier alpha value is -4.58. The Morgan fingerprint density at radius 3 is 2.73 bits per heavy atom. The molecular weight excluding hydrogens is 384 g/mol. The highest BCUT2D eigenvalue weighted by atomic mass is 16.6. The molecule has 0 aliphatic heterocycles. The molecule has 30 heavy (non-hydrogen) atoms. The molecule has 0 saturated carbocycles. The van der Waals surface area contributed by atoms with Crippen molar-refractivity contribution in [2.45, 2.75) is 6.92 Å². The van der Waals surface area contributed by atoms with E-state index in [1.807, 2.05) is 36.4 Å². The van der Waals surface area contributed by atoms with Gasteiger partial charge in [-0.05, 0) is 37.3 Å². The second-order valence-electron chi connectivity index (χ2n) is 6.51. The summed E-state index contributed by atoms with van der Waals surface area (Å²) in [5.74, 6) is 0.0821. The molecule has 2 heterocycles. The van der Waals surface area contributed by atoms with Gasteiger partial charge in [-0.1, -0.05) is 18.2 Å². The zero-order valence-corrected chi connectivity index (χ0v) is 15.7. The fourth-order valence-electron chi connectivity index (χ4n) is 3.08. The molecule has 0 atom stereocenters. The summed E-state index contributed by atoms with van der Waals surface area (Å²) >= 11 is 0. The summed E-state index contributed by atoms with van der Waals surface area (Å²) in [5.41, 5.74) is 1.41. The number of hydrogen-bond donors (Lipinski definition) is 1. The zero-order valence-electron chi connectivity index (χ0n) is 15.7. The van der Waals surface area contributed by atoms with Gasteiger partial charge in [0.15, 0.2) is 11.6 Å². The average molecular weight is 398 g/mol. The first-order valence-electron chi connectivity index (χ1n) is 8.88. The lowest BCUT2D eigenvalue weighted by molar-refractivity contribution is -0.385. The van der Waals surface area contributed by atoms with E-state index >= 15 is 0 Å². The molecule has 0 radical (unpaired) electrons. The van der Waals surface area contributed by atoms with Crippen LogP contribution in [0.1, 0.15) is 21.5 Å². The minimum absolute atomic E-state index is 0.0744. The number of aryl methyl sites for hydroxylation is 1. The molecule has 1 amide bonds. The van der Waals surface area contributed by atoms with Crippen LogP contribution in [0.5, 0.6) is 0 Å². The van der Waals surface area contributed by atoms with Gasteiger partial charge in [0.1, 0.15) is 11.6 Å². The van der Waals surface area contributed by atoms with Crippen LogP contribution in [0.2, 0.25) is 0 Å². The summed E-state index contributed by atoms with van der Waals surface area (Å²) < 4.78 is 1.38. The topological polar surface area (TPSA) is 127 Å².